The van der Waals surface area contributed by atoms with E-state index in [1.54, 1.807) is 0 Å². The molecule has 0 saturated carbocycles. The fourth-order valence-corrected chi connectivity index (χ4v) is 2.51. The average molecular weight is 308 g/mol. The van der Waals surface area contributed by atoms with Crippen LogP contribution in [0.15, 0.2) is 18.5 Å². The third-order valence-corrected chi connectivity index (χ3v) is 3.73. The highest BCUT2D eigenvalue weighted by Crippen LogP contribution is 2.33. The number of halogens is 1. The number of pyridine rings is 2. The van der Waals surface area contributed by atoms with Gasteiger partial charge in [0.2, 0.25) is 0 Å². The predicted molar refractivity (Wildman–Crippen MR) is 84.2 cm³/mol. The fourth-order valence-electron chi connectivity index (χ4n) is 2.36. The van der Waals surface area contributed by atoms with Crippen molar-refractivity contribution in [3.63, 3.8) is 0 Å². The molecule has 6 heteroatoms. The van der Waals surface area contributed by atoms with Crippen LogP contribution in [-0.2, 0) is 4.79 Å². The van der Waals surface area contributed by atoms with Crippen LogP contribution < -0.4 is 4.90 Å². The molecular formula is C15H18ClN3O2. The first-order valence-corrected chi connectivity index (χ1v) is 7.23. The molecule has 1 N–H and O–H groups in total. The molecule has 3 rings (SSSR count). The van der Waals surface area contributed by atoms with E-state index in [4.69, 9.17) is 21.5 Å². The monoisotopic (exact) mass is 307 g/mol. The van der Waals surface area contributed by atoms with E-state index in [-0.39, 0.29) is 6.47 Å². The summed E-state index contributed by atoms with van der Waals surface area (Å²) in [7, 11) is 0. The largest absolute Gasteiger partial charge is 0.483 e. The van der Waals surface area contributed by atoms with Crippen LogP contribution in [0.4, 0.5) is 5.82 Å². The lowest BCUT2D eigenvalue weighted by molar-refractivity contribution is -0.122. The zero-order valence-electron chi connectivity index (χ0n) is 12.1. The topological polar surface area (TPSA) is 66.3 Å². The molecule has 0 aromatic carbocycles. The Balaban J connectivity index is 0.000000497. The maximum atomic E-state index is 8.36. The van der Waals surface area contributed by atoms with Crippen molar-refractivity contribution in [2.45, 2.75) is 26.2 Å². The van der Waals surface area contributed by atoms with Gasteiger partial charge in [-0.25, -0.2) is 9.97 Å². The number of anilines is 1. The molecule has 0 unspecified atom stereocenters. The van der Waals surface area contributed by atoms with E-state index in [1.807, 2.05) is 18.5 Å². The normalized spacial score (nSPS) is 13.6. The summed E-state index contributed by atoms with van der Waals surface area (Å²) in [4.78, 5) is 19.5. The molecule has 112 valence electrons. The van der Waals surface area contributed by atoms with E-state index in [0.717, 1.165) is 24.3 Å². The summed E-state index contributed by atoms with van der Waals surface area (Å²) in [6.07, 6.45) is 5.08. The smallest absolute Gasteiger partial charge is 0.290 e. The molecular weight excluding hydrogens is 290 g/mol. The Bertz CT molecular complexity index is 642. The average Bonchev–Trinajstić information content (AvgIpc) is 2.37. The van der Waals surface area contributed by atoms with Gasteiger partial charge in [0.25, 0.3) is 6.47 Å². The minimum atomic E-state index is -0.250. The molecule has 0 spiro atoms. The molecule has 2 aromatic rings. The Morgan fingerprint density at radius 1 is 1.29 bits per heavy atom. The van der Waals surface area contributed by atoms with E-state index in [2.05, 4.69) is 28.7 Å². The van der Waals surface area contributed by atoms with E-state index >= 15 is 0 Å². The molecule has 2 aromatic heterocycles. The number of hydrogen-bond donors (Lipinski definition) is 1. The number of hydrogen-bond acceptors (Lipinski definition) is 4. The summed E-state index contributed by atoms with van der Waals surface area (Å²) in [5.41, 5.74) is 1.23. The molecule has 1 saturated heterocycles. The van der Waals surface area contributed by atoms with Crippen LogP contribution in [0.1, 0.15) is 31.7 Å². The zero-order valence-corrected chi connectivity index (χ0v) is 12.8. The van der Waals surface area contributed by atoms with E-state index < -0.39 is 0 Å². The molecule has 0 amide bonds. The van der Waals surface area contributed by atoms with Crippen molar-refractivity contribution in [2.75, 3.05) is 18.0 Å². The van der Waals surface area contributed by atoms with Gasteiger partial charge in [-0.2, -0.15) is 0 Å². The van der Waals surface area contributed by atoms with Gasteiger partial charge in [0.1, 0.15) is 11.0 Å². The number of nitrogens with zero attached hydrogens (tertiary/aromatic N) is 3. The fraction of sp³-hybridized carbons (Fsp3) is 0.400. The number of carboxylic acid groups (broad SMARTS) is 1. The molecule has 5 nitrogen and oxygen atoms in total. The Morgan fingerprint density at radius 3 is 2.48 bits per heavy atom. The standard InChI is InChI=1S/C14H16ClN3.CH2O2/c1-9(2)11-7-17-14(18-4-3-5-18)12-8-16-13(15)6-10(11)12;2-1-3/h6-9H,3-5H2,1-2H3;1H,(H,2,3). The van der Waals surface area contributed by atoms with Crippen molar-refractivity contribution in [1.82, 2.24) is 9.97 Å². The number of rotatable bonds is 2. The van der Waals surface area contributed by atoms with E-state index in [0.29, 0.717) is 11.1 Å². The first-order chi connectivity index (χ1) is 10.1. The molecule has 21 heavy (non-hydrogen) atoms. The van der Waals surface area contributed by atoms with Crippen molar-refractivity contribution in [3.05, 3.63) is 29.2 Å². The molecule has 0 bridgehead atoms. The lowest BCUT2D eigenvalue weighted by Gasteiger charge is -2.33. The van der Waals surface area contributed by atoms with Crippen molar-refractivity contribution < 1.29 is 9.90 Å². The Labute approximate surface area is 128 Å². The van der Waals surface area contributed by atoms with Crippen molar-refractivity contribution in [2.24, 2.45) is 0 Å². The van der Waals surface area contributed by atoms with Crippen molar-refractivity contribution in [3.8, 4) is 0 Å². The predicted octanol–water partition coefficient (Wildman–Crippen LogP) is 3.32. The summed E-state index contributed by atoms with van der Waals surface area (Å²) in [5.74, 6) is 1.48. The van der Waals surface area contributed by atoms with Crippen LogP contribution in [0.3, 0.4) is 0 Å². The SMILES string of the molecule is CC(C)c1cnc(N2CCC2)c2cnc(Cl)cc12.O=CO. The maximum Gasteiger partial charge on any atom is 0.290 e. The summed E-state index contributed by atoms with van der Waals surface area (Å²) < 4.78 is 0. The van der Waals surface area contributed by atoms with Gasteiger partial charge in [0.15, 0.2) is 0 Å². The zero-order chi connectivity index (χ0) is 15.4. The van der Waals surface area contributed by atoms with Gasteiger partial charge >= 0.3 is 0 Å². The molecule has 1 fully saturated rings. The van der Waals surface area contributed by atoms with Crippen LogP contribution in [0.2, 0.25) is 5.15 Å². The lowest BCUT2D eigenvalue weighted by Crippen LogP contribution is -2.37. The van der Waals surface area contributed by atoms with Crippen LogP contribution in [0.25, 0.3) is 10.8 Å². The van der Waals surface area contributed by atoms with Crippen molar-refractivity contribution >= 4 is 34.7 Å². The van der Waals surface area contributed by atoms with Gasteiger partial charge in [-0.15, -0.1) is 0 Å². The van der Waals surface area contributed by atoms with Gasteiger partial charge < -0.3 is 10.0 Å². The van der Waals surface area contributed by atoms with Gasteiger partial charge in [0.05, 0.1) is 0 Å². The number of aromatic nitrogens is 2. The Kier molecular flexibility index (Phi) is 4.96. The molecule has 3 heterocycles. The van der Waals surface area contributed by atoms with Crippen LogP contribution in [-0.4, -0.2) is 34.6 Å². The molecule has 0 atom stereocenters. The highest BCUT2D eigenvalue weighted by molar-refractivity contribution is 6.30. The first kappa shape index (κ1) is 15.5. The molecule has 1 aliphatic rings. The van der Waals surface area contributed by atoms with Crippen LogP contribution >= 0.6 is 11.6 Å². The van der Waals surface area contributed by atoms with E-state index in [9.17, 15) is 0 Å². The summed E-state index contributed by atoms with van der Waals surface area (Å²) >= 11 is 6.03. The molecule has 0 radical (unpaired) electrons. The van der Waals surface area contributed by atoms with E-state index in [1.165, 1.54) is 17.4 Å². The maximum absolute atomic E-state index is 8.36. The van der Waals surface area contributed by atoms with Gasteiger partial charge in [-0.1, -0.05) is 25.4 Å². The second-order valence-corrected chi connectivity index (χ2v) is 5.58. The third kappa shape index (κ3) is 3.24. The second kappa shape index (κ2) is 6.72. The quantitative estimate of drug-likeness (QED) is 0.681. The summed E-state index contributed by atoms with van der Waals surface area (Å²) in [5, 5.41) is 9.73. The van der Waals surface area contributed by atoms with Gasteiger partial charge in [-0.3, -0.25) is 4.79 Å². The highest BCUT2D eigenvalue weighted by atomic mass is 35.5. The second-order valence-electron chi connectivity index (χ2n) is 5.19. The highest BCUT2D eigenvalue weighted by Gasteiger charge is 2.20. The molecule has 0 aliphatic carbocycles. The summed E-state index contributed by atoms with van der Waals surface area (Å²) in [6.45, 7) is 6.28. The number of fused-ring (bicyclic) bond motifs is 1. The third-order valence-electron chi connectivity index (χ3n) is 3.53. The van der Waals surface area contributed by atoms with Crippen molar-refractivity contribution in [1.29, 1.82) is 0 Å². The minimum Gasteiger partial charge on any atom is -0.483 e. The minimum absolute atomic E-state index is 0.250. The molecule has 1 aliphatic heterocycles. The van der Waals surface area contributed by atoms with Gasteiger partial charge in [0, 0.05) is 30.9 Å². The Morgan fingerprint density at radius 2 is 1.95 bits per heavy atom. The summed E-state index contributed by atoms with van der Waals surface area (Å²) in [6, 6.07) is 1.96. The first-order valence-electron chi connectivity index (χ1n) is 6.85. The Hall–Kier alpha value is -1.88. The number of carbonyl (C=O) groups is 1. The van der Waals surface area contributed by atoms with Crippen LogP contribution in [0.5, 0.6) is 0 Å². The lowest BCUT2D eigenvalue weighted by atomic mass is 9.99. The van der Waals surface area contributed by atoms with Crippen LogP contribution in [0, 0.1) is 0 Å². The van der Waals surface area contributed by atoms with Gasteiger partial charge in [-0.05, 0) is 29.4 Å².